The molecule has 0 amide bonds. The summed E-state index contributed by atoms with van der Waals surface area (Å²) in [5, 5.41) is 9.09. The molecule has 1 atom stereocenters. The van der Waals surface area contributed by atoms with Gasteiger partial charge in [-0.15, -0.1) is 0 Å². The second kappa shape index (κ2) is 7.00. The molecule has 0 radical (unpaired) electrons. The summed E-state index contributed by atoms with van der Waals surface area (Å²) in [4.78, 5) is 10.8. The fraction of sp³-hybridized carbons (Fsp3) is 0.462. The number of hydrogen-bond donors (Lipinski definition) is 2. The number of carbonyl (C=O) groups is 1. The van der Waals surface area contributed by atoms with Crippen molar-refractivity contribution in [3.05, 3.63) is 28.8 Å². The predicted octanol–water partition coefficient (Wildman–Crippen LogP) is 2.60. The van der Waals surface area contributed by atoms with Gasteiger partial charge >= 0.3 is 5.97 Å². The monoisotopic (exact) mass is 349 g/mol. The lowest BCUT2D eigenvalue weighted by molar-refractivity contribution is 0.0697. The maximum absolute atomic E-state index is 12.2. The lowest BCUT2D eigenvalue weighted by Crippen LogP contribution is -2.32. The van der Waals surface area contributed by atoms with Crippen LogP contribution in [0.2, 0.25) is 5.02 Å². The Morgan fingerprint density at radius 3 is 2.76 bits per heavy atom. The molecule has 0 bridgehead atoms. The van der Waals surface area contributed by atoms with Crippen LogP contribution in [0.5, 0.6) is 0 Å². The molecule has 0 aromatic heterocycles. The van der Waals surface area contributed by atoms with Crippen LogP contribution in [0.1, 0.15) is 29.6 Å². The van der Waals surface area contributed by atoms with Gasteiger partial charge in [-0.25, -0.2) is 17.9 Å². The first-order valence-corrected chi connectivity index (χ1v) is 9.45. The van der Waals surface area contributed by atoms with Crippen molar-refractivity contribution in [1.29, 1.82) is 0 Å². The summed E-state index contributed by atoms with van der Waals surface area (Å²) in [6.45, 7) is 0.380. The first-order chi connectivity index (χ1) is 9.90. The van der Waals surface area contributed by atoms with Crippen molar-refractivity contribution in [3.8, 4) is 0 Å². The zero-order chi connectivity index (χ0) is 15.5. The number of benzene rings is 1. The van der Waals surface area contributed by atoms with Crippen molar-refractivity contribution in [3.63, 3.8) is 0 Å². The molecule has 116 valence electrons. The summed E-state index contributed by atoms with van der Waals surface area (Å²) >= 11 is 7.58. The molecule has 1 aromatic rings. The van der Waals surface area contributed by atoms with Gasteiger partial charge in [0.2, 0.25) is 10.0 Å². The second-order valence-electron chi connectivity index (χ2n) is 4.79. The van der Waals surface area contributed by atoms with Gasteiger partial charge in [0.05, 0.1) is 15.5 Å². The Labute approximate surface area is 133 Å². The molecule has 1 saturated heterocycles. The van der Waals surface area contributed by atoms with Gasteiger partial charge in [0, 0.05) is 11.8 Å². The Balaban J connectivity index is 2.08. The number of sulfonamides is 1. The number of carboxylic acids is 1. The summed E-state index contributed by atoms with van der Waals surface area (Å²) in [7, 11) is -3.67. The molecule has 1 aliphatic heterocycles. The molecule has 8 heteroatoms. The van der Waals surface area contributed by atoms with E-state index >= 15 is 0 Å². The minimum Gasteiger partial charge on any atom is -0.478 e. The quantitative estimate of drug-likeness (QED) is 0.853. The van der Waals surface area contributed by atoms with Gasteiger partial charge < -0.3 is 5.11 Å². The van der Waals surface area contributed by atoms with Crippen LogP contribution >= 0.6 is 23.4 Å². The number of hydrogen-bond acceptors (Lipinski definition) is 4. The third kappa shape index (κ3) is 4.35. The average Bonchev–Trinajstić information content (AvgIpc) is 2.46. The number of aromatic carboxylic acids is 1. The molecule has 5 nitrogen and oxygen atoms in total. The van der Waals surface area contributed by atoms with Gasteiger partial charge in [-0.2, -0.15) is 11.8 Å². The van der Waals surface area contributed by atoms with Crippen LogP contribution in [-0.2, 0) is 10.0 Å². The SMILES string of the molecule is O=C(O)c1ccc(S(=O)(=O)NCC2CCCCS2)cc1Cl. The summed E-state index contributed by atoms with van der Waals surface area (Å²) in [5.41, 5.74) is -0.113. The predicted molar refractivity (Wildman–Crippen MR) is 83.7 cm³/mol. The third-order valence-electron chi connectivity index (χ3n) is 3.26. The highest BCUT2D eigenvalue weighted by molar-refractivity contribution is 8.00. The van der Waals surface area contributed by atoms with Gasteiger partial charge in [0.1, 0.15) is 0 Å². The molecule has 1 fully saturated rings. The van der Waals surface area contributed by atoms with E-state index in [1.54, 1.807) is 11.8 Å². The standard InChI is InChI=1S/C13H16ClNO4S2/c14-12-7-10(4-5-11(12)13(16)17)21(18,19)15-8-9-3-1-2-6-20-9/h4-5,7,9,15H,1-3,6,8H2,(H,16,17). The second-order valence-corrected chi connectivity index (χ2v) is 8.37. The van der Waals surface area contributed by atoms with E-state index in [1.165, 1.54) is 24.6 Å². The highest BCUT2D eigenvalue weighted by Crippen LogP contribution is 2.25. The van der Waals surface area contributed by atoms with Crippen LogP contribution in [0.25, 0.3) is 0 Å². The first kappa shape index (κ1) is 16.6. The van der Waals surface area contributed by atoms with E-state index < -0.39 is 16.0 Å². The Morgan fingerprint density at radius 1 is 1.43 bits per heavy atom. The van der Waals surface area contributed by atoms with Gasteiger partial charge in [-0.1, -0.05) is 18.0 Å². The highest BCUT2D eigenvalue weighted by Gasteiger charge is 2.20. The van der Waals surface area contributed by atoms with Crippen molar-refractivity contribution in [2.75, 3.05) is 12.3 Å². The smallest absolute Gasteiger partial charge is 0.337 e. The molecule has 21 heavy (non-hydrogen) atoms. The third-order valence-corrected chi connectivity index (χ3v) is 6.39. The Morgan fingerprint density at radius 2 is 2.19 bits per heavy atom. The van der Waals surface area contributed by atoms with Crippen LogP contribution in [0.4, 0.5) is 0 Å². The molecule has 1 unspecified atom stereocenters. The van der Waals surface area contributed by atoms with E-state index in [0.29, 0.717) is 11.8 Å². The Kier molecular flexibility index (Phi) is 5.54. The van der Waals surface area contributed by atoms with Crippen molar-refractivity contribution >= 4 is 39.4 Å². The summed E-state index contributed by atoms with van der Waals surface area (Å²) in [6.07, 6.45) is 3.31. The normalized spacial score (nSPS) is 19.4. The number of carboxylic acid groups (broad SMARTS) is 1. The van der Waals surface area contributed by atoms with E-state index in [4.69, 9.17) is 16.7 Å². The topological polar surface area (TPSA) is 83.5 Å². The lowest BCUT2D eigenvalue weighted by Gasteiger charge is -2.21. The van der Waals surface area contributed by atoms with Gasteiger partial charge in [0.25, 0.3) is 0 Å². The highest BCUT2D eigenvalue weighted by atomic mass is 35.5. The van der Waals surface area contributed by atoms with Crippen molar-refractivity contribution in [1.82, 2.24) is 4.72 Å². The van der Waals surface area contributed by atoms with E-state index in [-0.39, 0.29) is 15.5 Å². The zero-order valence-electron chi connectivity index (χ0n) is 11.2. The largest absolute Gasteiger partial charge is 0.478 e. The van der Waals surface area contributed by atoms with Crippen LogP contribution in [0.15, 0.2) is 23.1 Å². The van der Waals surface area contributed by atoms with E-state index in [2.05, 4.69) is 4.72 Å². The summed E-state index contributed by atoms with van der Waals surface area (Å²) in [6, 6.07) is 3.63. The number of nitrogens with one attached hydrogen (secondary N) is 1. The molecule has 2 N–H and O–H groups in total. The van der Waals surface area contributed by atoms with Gasteiger partial charge in [-0.05, 0) is 36.8 Å². The van der Waals surface area contributed by atoms with Crippen LogP contribution in [-0.4, -0.2) is 37.0 Å². The van der Waals surface area contributed by atoms with Crippen molar-refractivity contribution in [2.45, 2.75) is 29.4 Å². The summed E-state index contributed by atoms with van der Waals surface area (Å²) in [5.74, 6) is -0.124. The van der Waals surface area contributed by atoms with E-state index in [0.717, 1.165) is 18.6 Å². The van der Waals surface area contributed by atoms with Gasteiger partial charge in [-0.3, -0.25) is 0 Å². The minimum atomic E-state index is -3.67. The van der Waals surface area contributed by atoms with Crippen molar-refractivity contribution < 1.29 is 18.3 Å². The minimum absolute atomic E-state index is 0.0155. The Hall–Kier alpha value is -0.760. The molecule has 0 spiro atoms. The molecule has 0 saturated carbocycles. The van der Waals surface area contributed by atoms with E-state index in [1.807, 2.05) is 0 Å². The maximum atomic E-state index is 12.2. The average molecular weight is 350 g/mol. The fourth-order valence-corrected chi connectivity index (χ4v) is 4.87. The molecule has 1 aromatic carbocycles. The molecule has 2 rings (SSSR count). The first-order valence-electron chi connectivity index (χ1n) is 6.54. The fourth-order valence-electron chi connectivity index (χ4n) is 2.09. The summed E-state index contributed by atoms with van der Waals surface area (Å²) < 4.78 is 26.9. The maximum Gasteiger partial charge on any atom is 0.337 e. The molecule has 0 aliphatic carbocycles. The number of halogens is 1. The number of thioether (sulfide) groups is 1. The Bertz CT molecular complexity index is 627. The van der Waals surface area contributed by atoms with Gasteiger partial charge in [0.15, 0.2) is 0 Å². The lowest BCUT2D eigenvalue weighted by atomic mass is 10.2. The van der Waals surface area contributed by atoms with E-state index in [9.17, 15) is 13.2 Å². The number of rotatable bonds is 5. The van der Waals surface area contributed by atoms with Crippen LogP contribution in [0, 0.1) is 0 Å². The van der Waals surface area contributed by atoms with Crippen molar-refractivity contribution in [2.24, 2.45) is 0 Å². The zero-order valence-corrected chi connectivity index (χ0v) is 13.6. The van der Waals surface area contributed by atoms with Crippen LogP contribution < -0.4 is 4.72 Å². The molecule has 1 heterocycles. The molecule has 1 aliphatic rings. The molecular weight excluding hydrogens is 334 g/mol. The van der Waals surface area contributed by atoms with Crippen LogP contribution in [0.3, 0.4) is 0 Å². The molecular formula is C13H16ClNO4S2.